The fourth-order valence-electron chi connectivity index (χ4n) is 4.32. The van der Waals surface area contributed by atoms with Crippen LogP contribution >= 0.6 is 0 Å². The van der Waals surface area contributed by atoms with Gasteiger partial charge in [0, 0.05) is 23.6 Å². The predicted octanol–water partition coefficient (Wildman–Crippen LogP) is 4.84. The van der Waals surface area contributed by atoms with Crippen molar-refractivity contribution in [3.05, 3.63) is 65.2 Å². The van der Waals surface area contributed by atoms with Crippen LogP contribution in [0.15, 0.2) is 48.5 Å². The zero-order valence-corrected chi connectivity index (χ0v) is 14.7. The van der Waals surface area contributed by atoms with Crippen molar-refractivity contribution < 1.29 is 4.79 Å². The van der Waals surface area contributed by atoms with Crippen LogP contribution in [0.1, 0.15) is 50.8 Å². The normalized spacial score (nSPS) is 22.6. The molecule has 0 spiro atoms. The lowest BCUT2D eigenvalue weighted by Gasteiger charge is -2.51. The van der Waals surface area contributed by atoms with E-state index in [1.165, 1.54) is 16.7 Å². The highest BCUT2D eigenvalue weighted by atomic mass is 16.2. The summed E-state index contributed by atoms with van der Waals surface area (Å²) >= 11 is 0. The lowest BCUT2D eigenvalue weighted by Crippen LogP contribution is -2.55. The van der Waals surface area contributed by atoms with Gasteiger partial charge < -0.3 is 4.90 Å². The summed E-state index contributed by atoms with van der Waals surface area (Å²) in [6, 6.07) is 17.1. The Kier molecular flexibility index (Phi) is 3.59. The molecule has 120 valence electrons. The minimum Gasteiger partial charge on any atom is -0.307 e. The predicted molar refractivity (Wildman–Crippen MR) is 95.9 cm³/mol. The first-order valence-corrected chi connectivity index (χ1v) is 8.23. The van der Waals surface area contributed by atoms with Crippen LogP contribution in [-0.2, 0) is 10.2 Å². The molecule has 2 aromatic carbocycles. The maximum absolute atomic E-state index is 12.4. The standard InChI is InChI=1S/C21H25NO/c1-15-11-12-18-19(13-15)22(16(2)23)20(3,4)14-21(18,5)17-9-7-6-8-10-17/h6-13H,14H2,1-5H3/t21-/m0/s1. The zero-order valence-electron chi connectivity index (χ0n) is 14.7. The third kappa shape index (κ3) is 2.46. The van der Waals surface area contributed by atoms with Crippen molar-refractivity contribution in [3.63, 3.8) is 0 Å². The van der Waals surface area contributed by atoms with Crippen LogP contribution in [-0.4, -0.2) is 11.4 Å². The minimum atomic E-state index is -0.225. The van der Waals surface area contributed by atoms with E-state index >= 15 is 0 Å². The lowest BCUT2D eigenvalue weighted by molar-refractivity contribution is -0.117. The van der Waals surface area contributed by atoms with Crippen LogP contribution in [0.2, 0.25) is 0 Å². The number of rotatable bonds is 1. The number of hydrogen-bond donors (Lipinski definition) is 0. The molecule has 0 aliphatic carbocycles. The summed E-state index contributed by atoms with van der Waals surface area (Å²) in [6.07, 6.45) is 0.902. The van der Waals surface area contributed by atoms with E-state index in [0.717, 1.165) is 12.1 Å². The Hall–Kier alpha value is -2.09. The first kappa shape index (κ1) is 15.8. The highest BCUT2D eigenvalue weighted by Gasteiger charge is 2.46. The first-order valence-electron chi connectivity index (χ1n) is 8.23. The second kappa shape index (κ2) is 5.23. The number of aryl methyl sites for hydroxylation is 1. The zero-order chi connectivity index (χ0) is 16.8. The molecule has 0 N–H and O–H groups in total. The molecule has 0 aromatic heterocycles. The smallest absolute Gasteiger partial charge is 0.224 e. The largest absolute Gasteiger partial charge is 0.307 e. The van der Waals surface area contributed by atoms with Gasteiger partial charge in [0.1, 0.15) is 0 Å². The second-order valence-electron chi connectivity index (χ2n) is 7.56. The number of anilines is 1. The topological polar surface area (TPSA) is 20.3 Å². The van der Waals surface area contributed by atoms with Gasteiger partial charge in [-0.25, -0.2) is 0 Å². The SMILES string of the molecule is CC(=O)N1c2cc(C)ccc2[C@](C)(c2ccccc2)CC1(C)C. The first-order chi connectivity index (χ1) is 10.8. The molecular weight excluding hydrogens is 282 g/mol. The maximum Gasteiger partial charge on any atom is 0.224 e. The molecule has 0 radical (unpaired) electrons. The van der Waals surface area contributed by atoms with Crippen LogP contribution in [0, 0.1) is 6.92 Å². The number of hydrogen-bond acceptors (Lipinski definition) is 1. The molecule has 0 saturated carbocycles. The summed E-state index contributed by atoms with van der Waals surface area (Å²) < 4.78 is 0. The van der Waals surface area contributed by atoms with Crippen molar-refractivity contribution >= 4 is 11.6 Å². The summed E-state index contributed by atoms with van der Waals surface area (Å²) in [7, 11) is 0. The molecule has 2 aromatic rings. The van der Waals surface area contributed by atoms with Gasteiger partial charge in [-0.15, -0.1) is 0 Å². The number of carbonyl (C=O) groups excluding carboxylic acids is 1. The molecule has 2 nitrogen and oxygen atoms in total. The summed E-state index contributed by atoms with van der Waals surface area (Å²) in [5.74, 6) is 0.108. The summed E-state index contributed by atoms with van der Waals surface area (Å²) in [5, 5.41) is 0. The van der Waals surface area contributed by atoms with E-state index in [1.54, 1.807) is 6.92 Å². The summed E-state index contributed by atoms with van der Waals surface area (Å²) in [6.45, 7) is 10.4. The van der Waals surface area contributed by atoms with Crippen LogP contribution in [0.5, 0.6) is 0 Å². The molecule has 1 atom stereocenters. The van der Waals surface area contributed by atoms with Gasteiger partial charge in [0.05, 0.1) is 0 Å². The van der Waals surface area contributed by atoms with Gasteiger partial charge in [-0.3, -0.25) is 4.79 Å². The van der Waals surface area contributed by atoms with Crippen LogP contribution in [0.4, 0.5) is 5.69 Å². The second-order valence-corrected chi connectivity index (χ2v) is 7.56. The Balaban J connectivity index is 2.30. The van der Waals surface area contributed by atoms with Crippen LogP contribution in [0.3, 0.4) is 0 Å². The van der Waals surface area contributed by atoms with Gasteiger partial charge in [-0.05, 0) is 49.9 Å². The molecule has 0 saturated heterocycles. The number of nitrogens with zero attached hydrogens (tertiary/aromatic N) is 1. The van der Waals surface area contributed by atoms with Crippen LogP contribution < -0.4 is 4.90 Å². The van der Waals surface area contributed by atoms with E-state index in [9.17, 15) is 4.79 Å². The maximum atomic E-state index is 12.4. The van der Waals surface area contributed by atoms with Gasteiger partial charge in [0.25, 0.3) is 0 Å². The molecule has 0 fully saturated rings. The fourth-order valence-corrected chi connectivity index (χ4v) is 4.32. The van der Waals surface area contributed by atoms with E-state index in [4.69, 9.17) is 0 Å². The number of benzene rings is 2. The fraction of sp³-hybridized carbons (Fsp3) is 0.381. The highest BCUT2D eigenvalue weighted by molar-refractivity contribution is 5.95. The Morgan fingerprint density at radius 1 is 1.04 bits per heavy atom. The monoisotopic (exact) mass is 307 g/mol. The van der Waals surface area contributed by atoms with Crippen molar-refractivity contribution in [2.45, 2.75) is 52.0 Å². The Morgan fingerprint density at radius 3 is 2.30 bits per heavy atom. The quantitative estimate of drug-likeness (QED) is 0.738. The molecule has 0 unspecified atom stereocenters. The molecule has 3 rings (SSSR count). The third-order valence-electron chi connectivity index (χ3n) is 5.11. The molecule has 1 amide bonds. The van der Waals surface area contributed by atoms with Crippen LogP contribution in [0.25, 0.3) is 0 Å². The van der Waals surface area contributed by atoms with E-state index in [1.807, 2.05) is 4.90 Å². The molecule has 2 heteroatoms. The third-order valence-corrected chi connectivity index (χ3v) is 5.11. The average Bonchev–Trinajstić information content (AvgIpc) is 2.46. The Morgan fingerprint density at radius 2 is 1.70 bits per heavy atom. The molecule has 1 aliphatic rings. The van der Waals surface area contributed by atoms with E-state index in [0.29, 0.717) is 0 Å². The van der Waals surface area contributed by atoms with Gasteiger partial charge in [-0.2, -0.15) is 0 Å². The minimum absolute atomic E-state index is 0.0975. The number of amides is 1. The highest BCUT2D eigenvalue weighted by Crippen LogP contribution is 2.50. The van der Waals surface area contributed by atoms with Gasteiger partial charge in [0.2, 0.25) is 5.91 Å². The number of carbonyl (C=O) groups is 1. The van der Waals surface area contributed by atoms with Crippen molar-refractivity contribution in [2.24, 2.45) is 0 Å². The van der Waals surface area contributed by atoms with E-state index < -0.39 is 0 Å². The van der Waals surface area contributed by atoms with Gasteiger partial charge >= 0.3 is 0 Å². The summed E-state index contributed by atoms with van der Waals surface area (Å²) in [5.41, 5.74) is 4.46. The van der Waals surface area contributed by atoms with E-state index in [-0.39, 0.29) is 16.9 Å². The van der Waals surface area contributed by atoms with E-state index in [2.05, 4.69) is 76.2 Å². The van der Waals surface area contributed by atoms with Crippen molar-refractivity contribution in [3.8, 4) is 0 Å². The van der Waals surface area contributed by atoms with Gasteiger partial charge in [-0.1, -0.05) is 49.4 Å². The molecule has 23 heavy (non-hydrogen) atoms. The van der Waals surface area contributed by atoms with Crippen molar-refractivity contribution in [1.29, 1.82) is 0 Å². The molecule has 1 heterocycles. The molecular formula is C21H25NO. The van der Waals surface area contributed by atoms with Crippen molar-refractivity contribution in [2.75, 3.05) is 4.90 Å². The Bertz CT molecular complexity index is 748. The summed E-state index contributed by atoms with van der Waals surface area (Å²) in [4.78, 5) is 14.3. The lowest BCUT2D eigenvalue weighted by atomic mass is 9.65. The Labute approximate surface area is 139 Å². The molecule has 1 aliphatic heterocycles. The average molecular weight is 307 g/mol. The molecule has 0 bridgehead atoms. The van der Waals surface area contributed by atoms with Gasteiger partial charge in [0.15, 0.2) is 0 Å². The van der Waals surface area contributed by atoms with Crippen molar-refractivity contribution in [1.82, 2.24) is 0 Å². The number of fused-ring (bicyclic) bond motifs is 1.